The molecule has 1 radical (unpaired) electrons. The summed E-state index contributed by atoms with van der Waals surface area (Å²) in [5.41, 5.74) is 0. The van der Waals surface area contributed by atoms with Crippen LogP contribution >= 0.6 is 0 Å². The summed E-state index contributed by atoms with van der Waals surface area (Å²) < 4.78 is 21.9. The monoisotopic (exact) mass is 275 g/mol. The van der Waals surface area contributed by atoms with E-state index in [0.717, 1.165) is 12.8 Å². The summed E-state index contributed by atoms with van der Waals surface area (Å²) >= 11 is 0. The van der Waals surface area contributed by atoms with Gasteiger partial charge in [0.2, 0.25) is 0 Å². The Morgan fingerprint density at radius 3 is 2.56 bits per heavy atom. The van der Waals surface area contributed by atoms with Crippen LogP contribution in [-0.2, 0) is 9.84 Å². The molecule has 2 heterocycles. The van der Waals surface area contributed by atoms with Crippen LogP contribution in [0.15, 0.2) is 0 Å². The minimum atomic E-state index is -3.00. The molecule has 2 saturated heterocycles. The first-order chi connectivity index (χ1) is 8.46. The van der Waals surface area contributed by atoms with E-state index < -0.39 is 15.9 Å². The van der Waals surface area contributed by atoms with Crippen molar-refractivity contribution in [3.63, 3.8) is 0 Å². The lowest BCUT2D eigenvalue weighted by Crippen LogP contribution is -2.46. The lowest BCUT2D eigenvalue weighted by atomic mass is 10.0. The van der Waals surface area contributed by atoms with Crippen LogP contribution in [0.3, 0.4) is 0 Å². The predicted octanol–water partition coefficient (Wildman–Crippen LogP) is -0.230. The SMILES string of the molecule is CS(=O)(=O)CNC[C@H](O)CN1[C@@H]2C[CH]C[C@H]1CC2. The third kappa shape index (κ3) is 3.91. The molecule has 2 aliphatic rings. The Kier molecular flexibility index (Phi) is 4.64. The smallest absolute Gasteiger partial charge is 0.160 e. The number of aliphatic hydroxyl groups is 1. The fourth-order valence-electron chi connectivity index (χ4n) is 3.02. The molecule has 0 saturated carbocycles. The van der Waals surface area contributed by atoms with E-state index >= 15 is 0 Å². The van der Waals surface area contributed by atoms with E-state index in [-0.39, 0.29) is 5.88 Å². The molecule has 2 N–H and O–H groups in total. The molecule has 0 spiro atoms. The Morgan fingerprint density at radius 1 is 1.39 bits per heavy atom. The van der Waals surface area contributed by atoms with Crippen LogP contribution < -0.4 is 5.32 Å². The summed E-state index contributed by atoms with van der Waals surface area (Å²) in [6, 6.07) is 1.18. The van der Waals surface area contributed by atoms with E-state index in [4.69, 9.17) is 0 Å². The first kappa shape index (κ1) is 14.2. The van der Waals surface area contributed by atoms with E-state index in [1.807, 2.05) is 0 Å². The molecule has 0 aromatic rings. The summed E-state index contributed by atoms with van der Waals surface area (Å²) in [7, 11) is -3.00. The van der Waals surface area contributed by atoms with Gasteiger partial charge in [0.25, 0.3) is 0 Å². The van der Waals surface area contributed by atoms with Crippen LogP contribution in [0.2, 0.25) is 0 Å². The van der Waals surface area contributed by atoms with Gasteiger partial charge < -0.3 is 10.4 Å². The average Bonchev–Trinajstić information content (AvgIpc) is 2.49. The van der Waals surface area contributed by atoms with Crippen LogP contribution in [0.25, 0.3) is 0 Å². The van der Waals surface area contributed by atoms with Gasteiger partial charge in [-0.25, -0.2) is 8.42 Å². The maximum absolute atomic E-state index is 11.0. The summed E-state index contributed by atoms with van der Waals surface area (Å²) in [6.07, 6.45) is 7.75. The minimum Gasteiger partial charge on any atom is -0.390 e. The Morgan fingerprint density at radius 2 is 2.00 bits per heavy atom. The van der Waals surface area contributed by atoms with Gasteiger partial charge in [-0.05, 0) is 32.1 Å². The molecule has 18 heavy (non-hydrogen) atoms. The molecule has 2 fully saturated rings. The zero-order valence-electron chi connectivity index (χ0n) is 10.9. The van der Waals surface area contributed by atoms with Crippen molar-refractivity contribution in [2.24, 2.45) is 0 Å². The van der Waals surface area contributed by atoms with Gasteiger partial charge in [-0.1, -0.05) is 0 Å². The number of hydrogen-bond acceptors (Lipinski definition) is 5. The second-order valence-corrected chi connectivity index (χ2v) is 7.66. The van der Waals surface area contributed by atoms with Crippen LogP contribution in [0.5, 0.6) is 0 Å². The number of rotatable bonds is 6. The van der Waals surface area contributed by atoms with Crippen molar-refractivity contribution in [2.75, 3.05) is 25.2 Å². The fraction of sp³-hybridized carbons (Fsp3) is 0.917. The predicted molar refractivity (Wildman–Crippen MR) is 70.8 cm³/mol. The normalized spacial score (nSPS) is 30.6. The number of nitrogens with zero attached hydrogens (tertiary/aromatic N) is 1. The number of nitrogens with one attached hydrogen (secondary N) is 1. The molecule has 0 aliphatic carbocycles. The van der Waals surface area contributed by atoms with E-state index in [9.17, 15) is 13.5 Å². The molecule has 105 valence electrons. The van der Waals surface area contributed by atoms with E-state index in [1.54, 1.807) is 0 Å². The minimum absolute atomic E-state index is 0.0648. The fourth-order valence-corrected chi connectivity index (χ4v) is 3.51. The zero-order valence-corrected chi connectivity index (χ0v) is 11.7. The molecule has 6 heteroatoms. The van der Waals surface area contributed by atoms with Gasteiger partial charge in [0.15, 0.2) is 9.84 Å². The van der Waals surface area contributed by atoms with Gasteiger partial charge in [0, 0.05) is 31.4 Å². The standard InChI is InChI=1S/C12H23N2O3S/c1-18(16,17)9-13-7-12(15)8-14-10-3-2-4-11(14)6-5-10/h2,10-13,15H,3-9H2,1H3/t10-,11+,12-/m0/s1. The molecule has 3 atom stereocenters. The largest absolute Gasteiger partial charge is 0.390 e. The second kappa shape index (κ2) is 5.86. The maximum atomic E-state index is 11.0. The summed E-state index contributed by atoms with van der Waals surface area (Å²) in [4.78, 5) is 2.40. The number of piperidine rings is 1. The third-order valence-corrected chi connectivity index (χ3v) is 4.54. The molecule has 2 rings (SSSR count). The van der Waals surface area contributed by atoms with Crippen LogP contribution in [0.1, 0.15) is 25.7 Å². The molecule has 0 amide bonds. The number of aliphatic hydroxyl groups excluding tert-OH is 1. The van der Waals surface area contributed by atoms with E-state index in [0.29, 0.717) is 25.2 Å². The Bertz CT molecular complexity index is 356. The van der Waals surface area contributed by atoms with Crippen molar-refractivity contribution >= 4 is 9.84 Å². The topological polar surface area (TPSA) is 69.6 Å². The zero-order chi connectivity index (χ0) is 13.2. The van der Waals surface area contributed by atoms with E-state index in [2.05, 4.69) is 16.6 Å². The Hall–Kier alpha value is -0.170. The van der Waals surface area contributed by atoms with Gasteiger partial charge in [0.05, 0.1) is 12.0 Å². The van der Waals surface area contributed by atoms with Gasteiger partial charge in [0.1, 0.15) is 0 Å². The molecule has 0 aromatic carbocycles. The molecule has 2 aliphatic heterocycles. The Balaban J connectivity index is 1.72. The summed E-state index contributed by atoms with van der Waals surface area (Å²) in [6.45, 7) is 0.993. The number of fused-ring (bicyclic) bond motifs is 2. The molecule has 2 bridgehead atoms. The van der Waals surface area contributed by atoms with Gasteiger partial charge in [-0.15, -0.1) is 0 Å². The number of sulfone groups is 1. The van der Waals surface area contributed by atoms with Gasteiger partial charge in [-0.3, -0.25) is 4.90 Å². The lowest BCUT2D eigenvalue weighted by Gasteiger charge is -2.35. The highest BCUT2D eigenvalue weighted by molar-refractivity contribution is 7.90. The van der Waals surface area contributed by atoms with Crippen molar-refractivity contribution in [1.29, 1.82) is 0 Å². The highest BCUT2D eigenvalue weighted by atomic mass is 32.2. The molecule has 0 unspecified atom stereocenters. The highest BCUT2D eigenvalue weighted by Gasteiger charge is 2.37. The maximum Gasteiger partial charge on any atom is 0.160 e. The average molecular weight is 275 g/mol. The molecule has 5 nitrogen and oxygen atoms in total. The van der Waals surface area contributed by atoms with Crippen LogP contribution in [-0.4, -0.2) is 61.8 Å². The lowest BCUT2D eigenvalue weighted by molar-refractivity contribution is 0.0729. The van der Waals surface area contributed by atoms with Crippen molar-refractivity contribution in [3.05, 3.63) is 6.42 Å². The highest BCUT2D eigenvalue weighted by Crippen LogP contribution is 2.34. The quantitative estimate of drug-likeness (QED) is 0.701. The first-order valence-corrected chi connectivity index (χ1v) is 8.65. The summed E-state index contributed by atoms with van der Waals surface area (Å²) in [5, 5.41) is 12.7. The Labute approximate surface area is 109 Å². The van der Waals surface area contributed by atoms with E-state index in [1.165, 1.54) is 19.1 Å². The van der Waals surface area contributed by atoms with Crippen molar-refractivity contribution in [3.8, 4) is 0 Å². The van der Waals surface area contributed by atoms with Crippen LogP contribution in [0, 0.1) is 6.42 Å². The molecular formula is C12H23N2O3S. The van der Waals surface area contributed by atoms with Crippen molar-refractivity contribution in [2.45, 2.75) is 43.9 Å². The summed E-state index contributed by atoms with van der Waals surface area (Å²) in [5.74, 6) is -0.0648. The first-order valence-electron chi connectivity index (χ1n) is 6.59. The second-order valence-electron chi connectivity index (χ2n) is 5.52. The molecule has 0 aromatic heterocycles. The molecular weight excluding hydrogens is 252 g/mol. The third-order valence-electron chi connectivity index (χ3n) is 3.81. The number of hydrogen-bond donors (Lipinski definition) is 2. The van der Waals surface area contributed by atoms with Gasteiger partial charge in [-0.2, -0.15) is 0 Å². The van der Waals surface area contributed by atoms with Crippen molar-refractivity contribution in [1.82, 2.24) is 10.2 Å². The van der Waals surface area contributed by atoms with Crippen LogP contribution in [0.4, 0.5) is 0 Å². The van der Waals surface area contributed by atoms with Gasteiger partial charge >= 0.3 is 0 Å². The van der Waals surface area contributed by atoms with Crippen molar-refractivity contribution < 1.29 is 13.5 Å².